The Balaban J connectivity index is 2.61. The third-order valence-corrected chi connectivity index (χ3v) is 0.910. The lowest BCUT2D eigenvalue weighted by molar-refractivity contribution is 0.339. The van der Waals surface area contributed by atoms with Crippen LogP contribution in [-0.4, -0.2) is 6.61 Å². The van der Waals surface area contributed by atoms with E-state index in [1.54, 1.807) is 0 Å². The maximum Gasteiger partial charge on any atom is 0.135 e. The summed E-state index contributed by atoms with van der Waals surface area (Å²) < 4.78 is 5.09. The van der Waals surface area contributed by atoms with Gasteiger partial charge in [-0.3, -0.25) is 0 Å². The van der Waals surface area contributed by atoms with E-state index in [-0.39, 0.29) is 0 Å². The average molecular weight is 120 g/mol. The Hall–Kier alpha value is -0.980. The van der Waals surface area contributed by atoms with Crippen molar-refractivity contribution in [2.75, 3.05) is 6.61 Å². The molecule has 1 aromatic carbocycles. The molecule has 0 saturated heterocycles. The number of para-hydroxylation sites is 1. The SMILES string of the molecule is CCOc1[c]ccc[c]1. The zero-order chi connectivity index (χ0) is 6.53. The van der Waals surface area contributed by atoms with Crippen molar-refractivity contribution in [1.29, 1.82) is 0 Å². The molecule has 0 aromatic heterocycles. The van der Waals surface area contributed by atoms with Crippen LogP contribution in [0.25, 0.3) is 0 Å². The topological polar surface area (TPSA) is 9.23 Å². The molecular weight excluding hydrogens is 112 g/mol. The lowest BCUT2D eigenvalue weighted by Crippen LogP contribution is -1.89. The number of hydrogen-bond donors (Lipinski definition) is 0. The van der Waals surface area contributed by atoms with Crippen molar-refractivity contribution in [3.05, 3.63) is 30.3 Å². The highest BCUT2D eigenvalue weighted by atomic mass is 16.5. The molecule has 0 spiro atoms. The molecule has 1 nitrogen and oxygen atoms in total. The molecule has 9 heavy (non-hydrogen) atoms. The fourth-order valence-electron chi connectivity index (χ4n) is 0.565. The van der Waals surface area contributed by atoms with E-state index >= 15 is 0 Å². The van der Waals surface area contributed by atoms with Crippen LogP contribution in [0.15, 0.2) is 18.2 Å². The summed E-state index contributed by atoms with van der Waals surface area (Å²) in [4.78, 5) is 0. The monoisotopic (exact) mass is 120 g/mol. The van der Waals surface area contributed by atoms with Crippen LogP contribution >= 0.6 is 0 Å². The van der Waals surface area contributed by atoms with Crippen LogP contribution in [0, 0.1) is 12.1 Å². The number of ether oxygens (including phenoxy) is 1. The van der Waals surface area contributed by atoms with Crippen LogP contribution in [0.2, 0.25) is 0 Å². The highest BCUT2D eigenvalue weighted by Gasteiger charge is 1.85. The molecule has 0 atom stereocenters. The summed E-state index contributed by atoms with van der Waals surface area (Å²) in [6, 6.07) is 11.3. The summed E-state index contributed by atoms with van der Waals surface area (Å²) >= 11 is 0. The van der Waals surface area contributed by atoms with Crippen LogP contribution in [0.1, 0.15) is 6.92 Å². The quantitative estimate of drug-likeness (QED) is 0.577. The maximum atomic E-state index is 5.09. The predicted octanol–water partition coefficient (Wildman–Crippen LogP) is 1.69. The minimum Gasteiger partial charge on any atom is -0.493 e. The molecule has 2 radical (unpaired) electrons. The van der Waals surface area contributed by atoms with E-state index in [9.17, 15) is 0 Å². The van der Waals surface area contributed by atoms with E-state index in [1.807, 2.05) is 25.1 Å². The van der Waals surface area contributed by atoms with Crippen molar-refractivity contribution in [2.45, 2.75) is 6.92 Å². The lowest BCUT2D eigenvalue weighted by atomic mass is 10.3. The van der Waals surface area contributed by atoms with Gasteiger partial charge in [-0.15, -0.1) is 0 Å². The van der Waals surface area contributed by atoms with Crippen molar-refractivity contribution in [1.82, 2.24) is 0 Å². The van der Waals surface area contributed by atoms with Gasteiger partial charge in [0.2, 0.25) is 0 Å². The van der Waals surface area contributed by atoms with Crippen molar-refractivity contribution in [2.24, 2.45) is 0 Å². The molecule has 0 unspecified atom stereocenters. The van der Waals surface area contributed by atoms with Crippen LogP contribution in [0.3, 0.4) is 0 Å². The Morgan fingerprint density at radius 2 is 2.11 bits per heavy atom. The van der Waals surface area contributed by atoms with E-state index < -0.39 is 0 Å². The molecule has 0 N–H and O–H groups in total. The molecule has 1 aromatic rings. The molecule has 46 valence electrons. The highest BCUT2D eigenvalue weighted by Crippen LogP contribution is 2.04. The Morgan fingerprint density at radius 1 is 1.44 bits per heavy atom. The van der Waals surface area contributed by atoms with Crippen molar-refractivity contribution >= 4 is 0 Å². The molecule has 0 aliphatic rings. The van der Waals surface area contributed by atoms with E-state index in [0.717, 1.165) is 0 Å². The molecule has 0 bridgehead atoms. The summed E-state index contributed by atoms with van der Waals surface area (Å²) in [7, 11) is 0. The standard InChI is InChI=1S/C8H8O/c1-2-9-8-6-4-3-5-7-8/h3-5H,2H2,1H3. The van der Waals surface area contributed by atoms with Gasteiger partial charge in [-0.2, -0.15) is 0 Å². The summed E-state index contributed by atoms with van der Waals surface area (Å²) in [5.74, 6) is 0.694. The van der Waals surface area contributed by atoms with Gasteiger partial charge in [-0.25, -0.2) is 0 Å². The third kappa shape index (κ3) is 1.76. The maximum absolute atomic E-state index is 5.09. The van der Waals surface area contributed by atoms with Crippen molar-refractivity contribution < 1.29 is 4.74 Å². The minimum absolute atomic E-state index is 0.678. The second-order valence-electron chi connectivity index (χ2n) is 1.58. The van der Waals surface area contributed by atoms with E-state index in [2.05, 4.69) is 12.1 Å². The first-order chi connectivity index (χ1) is 4.43. The molecule has 1 rings (SSSR count). The zero-order valence-electron chi connectivity index (χ0n) is 5.35. The Kier molecular flexibility index (Phi) is 2.13. The molecule has 0 amide bonds. The Morgan fingerprint density at radius 3 is 2.67 bits per heavy atom. The number of rotatable bonds is 2. The summed E-state index contributed by atoms with van der Waals surface area (Å²) in [5.41, 5.74) is 0. The van der Waals surface area contributed by atoms with Gasteiger partial charge in [0.25, 0.3) is 0 Å². The van der Waals surface area contributed by atoms with E-state index in [0.29, 0.717) is 12.4 Å². The molecule has 0 fully saturated rings. The van der Waals surface area contributed by atoms with Gasteiger partial charge in [-0.1, -0.05) is 18.2 Å². The molecule has 0 aliphatic heterocycles. The first-order valence-electron chi connectivity index (χ1n) is 2.94. The zero-order valence-corrected chi connectivity index (χ0v) is 5.35. The lowest BCUT2D eigenvalue weighted by Gasteiger charge is -1.97. The summed E-state index contributed by atoms with van der Waals surface area (Å²) in [5, 5.41) is 0. The third-order valence-electron chi connectivity index (χ3n) is 0.910. The van der Waals surface area contributed by atoms with E-state index in [4.69, 9.17) is 4.74 Å². The largest absolute Gasteiger partial charge is 0.493 e. The number of hydrogen-bond acceptors (Lipinski definition) is 1. The van der Waals surface area contributed by atoms with Crippen molar-refractivity contribution in [3.63, 3.8) is 0 Å². The molecule has 0 heterocycles. The van der Waals surface area contributed by atoms with Gasteiger partial charge in [-0.05, 0) is 6.92 Å². The number of benzene rings is 1. The van der Waals surface area contributed by atoms with Crippen LogP contribution < -0.4 is 4.74 Å². The normalized spacial score (nSPS) is 9.00. The fraction of sp³-hybridized carbons (Fsp3) is 0.250. The van der Waals surface area contributed by atoms with Gasteiger partial charge in [0.05, 0.1) is 6.61 Å². The first-order valence-corrected chi connectivity index (χ1v) is 2.94. The van der Waals surface area contributed by atoms with Crippen molar-refractivity contribution in [3.8, 4) is 5.75 Å². The van der Waals surface area contributed by atoms with Gasteiger partial charge >= 0.3 is 0 Å². The van der Waals surface area contributed by atoms with Crippen LogP contribution in [-0.2, 0) is 0 Å². The van der Waals surface area contributed by atoms with Crippen LogP contribution in [0.4, 0.5) is 0 Å². The highest BCUT2D eigenvalue weighted by molar-refractivity contribution is 5.17. The molecular formula is C8H8O. The second kappa shape index (κ2) is 3.13. The Labute approximate surface area is 55.3 Å². The summed E-state index contributed by atoms with van der Waals surface area (Å²) in [6.45, 7) is 2.62. The minimum atomic E-state index is 0.678. The molecule has 0 aliphatic carbocycles. The molecule has 1 heteroatoms. The Bertz CT molecular complexity index is 157. The molecule has 0 saturated carbocycles. The van der Waals surface area contributed by atoms with Crippen LogP contribution in [0.5, 0.6) is 5.75 Å². The second-order valence-corrected chi connectivity index (χ2v) is 1.58. The van der Waals surface area contributed by atoms with Gasteiger partial charge in [0.15, 0.2) is 0 Å². The van der Waals surface area contributed by atoms with Gasteiger partial charge < -0.3 is 4.74 Å². The smallest absolute Gasteiger partial charge is 0.135 e. The predicted molar refractivity (Wildman–Crippen MR) is 35.3 cm³/mol. The first kappa shape index (κ1) is 6.14. The van der Waals surface area contributed by atoms with Gasteiger partial charge in [0.1, 0.15) is 5.75 Å². The van der Waals surface area contributed by atoms with E-state index in [1.165, 1.54) is 0 Å². The fourth-order valence-corrected chi connectivity index (χ4v) is 0.565. The van der Waals surface area contributed by atoms with Gasteiger partial charge in [0, 0.05) is 12.1 Å². The summed E-state index contributed by atoms with van der Waals surface area (Å²) in [6.07, 6.45) is 0. The average Bonchev–Trinajstić information content (AvgIpc) is 1.91.